The Labute approximate surface area is 262 Å². The predicted octanol–water partition coefficient (Wildman–Crippen LogP) is 11.9. The first-order valence-corrected chi connectivity index (χ1v) is 15.3. The molecule has 0 fully saturated rings. The Hall–Kier alpha value is -6.33. The van der Waals surface area contributed by atoms with Gasteiger partial charge in [-0.05, 0) is 78.2 Å². The van der Waals surface area contributed by atoms with Gasteiger partial charge in [0.05, 0.1) is 11.1 Å². The van der Waals surface area contributed by atoms with Gasteiger partial charge in [0.15, 0.2) is 5.58 Å². The van der Waals surface area contributed by atoms with Crippen molar-refractivity contribution in [3.05, 3.63) is 146 Å². The van der Waals surface area contributed by atoms with E-state index < -0.39 is 0 Å². The SMILES string of the molecule is c1ccc(-c2nc3ccc4cccc(N(c5ccc6oc7ccccc7c6c5)c5ccc6oc7ccccc7c6c5)c4c3o2)cc1. The summed E-state index contributed by atoms with van der Waals surface area (Å²) in [5.41, 5.74) is 8.93. The number of oxazole rings is 1. The highest BCUT2D eigenvalue weighted by atomic mass is 16.3. The zero-order valence-corrected chi connectivity index (χ0v) is 24.5. The molecule has 0 N–H and O–H groups in total. The largest absolute Gasteiger partial charge is 0.456 e. The van der Waals surface area contributed by atoms with Crippen molar-refractivity contribution in [2.75, 3.05) is 4.90 Å². The number of para-hydroxylation sites is 2. The van der Waals surface area contributed by atoms with E-state index >= 15 is 0 Å². The number of furan rings is 2. The molecule has 0 saturated carbocycles. The third kappa shape index (κ3) is 3.72. The van der Waals surface area contributed by atoms with Crippen molar-refractivity contribution in [1.29, 1.82) is 0 Å². The van der Waals surface area contributed by atoms with Crippen LogP contribution < -0.4 is 4.90 Å². The van der Waals surface area contributed by atoms with Crippen LogP contribution in [0.4, 0.5) is 17.1 Å². The Morgan fingerprint density at radius 3 is 1.74 bits per heavy atom. The van der Waals surface area contributed by atoms with Crippen LogP contribution in [-0.4, -0.2) is 4.98 Å². The minimum Gasteiger partial charge on any atom is -0.456 e. The second-order valence-electron chi connectivity index (χ2n) is 11.6. The first-order valence-electron chi connectivity index (χ1n) is 15.3. The summed E-state index contributed by atoms with van der Waals surface area (Å²) in [7, 11) is 0. The fourth-order valence-corrected chi connectivity index (χ4v) is 6.76. The minimum atomic E-state index is 0.599. The van der Waals surface area contributed by atoms with Crippen molar-refractivity contribution in [2.45, 2.75) is 0 Å². The van der Waals surface area contributed by atoms with Gasteiger partial charge in [-0.1, -0.05) is 72.8 Å². The van der Waals surface area contributed by atoms with E-state index in [4.69, 9.17) is 18.2 Å². The zero-order chi connectivity index (χ0) is 30.2. The van der Waals surface area contributed by atoms with Gasteiger partial charge < -0.3 is 18.2 Å². The first-order chi connectivity index (χ1) is 22.8. The molecule has 0 radical (unpaired) electrons. The molecular weight excluding hydrogens is 568 g/mol. The van der Waals surface area contributed by atoms with E-state index in [1.165, 1.54) is 0 Å². The van der Waals surface area contributed by atoms with Crippen LogP contribution in [0.2, 0.25) is 0 Å². The van der Waals surface area contributed by atoms with Crippen LogP contribution in [0, 0.1) is 0 Å². The van der Waals surface area contributed by atoms with Gasteiger partial charge in [0.25, 0.3) is 0 Å². The summed E-state index contributed by atoms with van der Waals surface area (Å²) in [5, 5.41) is 6.34. The number of aromatic nitrogens is 1. The molecule has 46 heavy (non-hydrogen) atoms. The van der Waals surface area contributed by atoms with Gasteiger partial charge in [-0.15, -0.1) is 0 Å². The monoisotopic (exact) mass is 592 g/mol. The maximum absolute atomic E-state index is 6.59. The summed E-state index contributed by atoms with van der Waals surface area (Å²) >= 11 is 0. The van der Waals surface area contributed by atoms with Crippen molar-refractivity contribution in [3.8, 4) is 11.5 Å². The van der Waals surface area contributed by atoms with E-state index in [0.29, 0.717) is 5.89 Å². The van der Waals surface area contributed by atoms with Crippen LogP contribution in [0.3, 0.4) is 0 Å². The Kier molecular flexibility index (Phi) is 5.22. The number of hydrogen-bond donors (Lipinski definition) is 0. The Balaban J connectivity index is 1.28. The minimum absolute atomic E-state index is 0.599. The van der Waals surface area contributed by atoms with E-state index in [9.17, 15) is 0 Å². The normalized spacial score (nSPS) is 11.9. The molecule has 0 amide bonds. The van der Waals surface area contributed by atoms with Crippen LogP contribution in [-0.2, 0) is 0 Å². The number of nitrogens with zero attached hydrogens (tertiary/aromatic N) is 2. The predicted molar refractivity (Wildman–Crippen MR) is 186 cm³/mol. The maximum atomic E-state index is 6.59. The van der Waals surface area contributed by atoms with Gasteiger partial charge >= 0.3 is 0 Å². The molecule has 0 atom stereocenters. The van der Waals surface area contributed by atoms with Gasteiger partial charge in [-0.25, -0.2) is 4.98 Å². The van der Waals surface area contributed by atoms with E-state index in [0.717, 1.165) is 88.4 Å². The van der Waals surface area contributed by atoms with Crippen molar-refractivity contribution >= 4 is 82.8 Å². The standard InChI is InChI=1S/C41H24N2O3/c1-2-9-26(10-3-1)41-42-33-20-17-25-11-8-14-34(39(25)40(33)46-41)43(27-18-21-37-31(23-27)29-12-4-6-15-35(29)44-37)28-19-22-38-32(24-28)30-13-5-7-16-36(30)45-38/h1-24H. The summed E-state index contributed by atoms with van der Waals surface area (Å²) in [6.45, 7) is 0. The molecule has 3 aromatic heterocycles. The lowest BCUT2D eigenvalue weighted by molar-refractivity contribution is 0.623. The number of anilines is 3. The molecule has 0 bridgehead atoms. The van der Waals surface area contributed by atoms with Crippen LogP contribution in [0.15, 0.2) is 159 Å². The highest BCUT2D eigenvalue weighted by Gasteiger charge is 2.22. The third-order valence-corrected chi connectivity index (χ3v) is 8.87. The van der Waals surface area contributed by atoms with Gasteiger partial charge in [-0.2, -0.15) is 0 Å². The summed E-state index contributed by atoms with van der Waals surface area (Å²) in [5.74, 6) is 0.599. The highest BCUT2D eigenvalue weighted by molar-refractivity contribution is 6.14. The molecule has 0 unspecified atom stereocenters. The average molecular weight is 593 g/mol. The molecular formula is C41H24N2O3. The second-order valence-corrected chi connectivity index (χ2v) is 11.6. The Morgan fingerprint density at radius 2 is 1.07 bits per heavy atom. The topological polar surface area (TPSA) is 55.6 Å². The van der Waals surface area contributed by atoms with Crippen LogP contribution in [0.1, 0.15) is 0 Å². The van der Waals surface area contributed by atoms with Gasteiger partial charge in [0.1, 0.15) is 27.8 Å². The van der Waals surface area contributed by atoms with E-state index in [1.54, 1.807) is 0 Å². The number of benzene rings is 7. The molecule has 5 heteroatoms. The Morgan fingerprint density at radius 1 is 0.457 bits per heavy atom. The first kappa shape index (κ1) is 25.0. The molecule has 0 spiro atoms. The van der Waals surface area contributed by atoms with Gasteiger partial charge in [0, 0.05) is 38.5 Å². The summed E-state index contributed by atoms with van der Waals surface area (Å²) in [4.78, 5) is 7.21. The van der Waals surface area contributed by atoms with E-state index in [2.05, 4.69) is 89.8 Å². The lowest BCUT2D eigenvalue weighted by Crippen LogP contribution is -2.10. The molecule has 10 rings (SSSR count). The van der Waals surface area contributed by atoms with Crippen LogP contribution >= 0.6 is 0 Å². The molecule has 0 aliphatic heterocycles. The summed E-state index contributed by atoms with van der Waals surface area (Å²) in [6, 6.07) is 49.7. The van der Waals surface area contributed by atoms with Gasteiger partial charge in [0.2, 0.25) is 5.89 Å². The third-order valence-electron chi connectivity index (χ3n) is 8.87. The number of fused-ring (bicyclic) bond motifs is 9. The fourth-order valence-electron chi connectivity index (χ4n) is 6.76. The van der Waals surface area contributed by atoms with Crippen LogP contribution in [0.25, 0.3) is 77.2 Å². The molecule has 7 aromatic carbocycles. The molecule has 10 aromatic rings. The maximum Gasteiger partial charge on any atom is 0.227 e. The lowest BCUT2D eigenvalue weighted by Gasteiger charge is -2.27. The highest BCUT2D eigenvalue weighted by Crippen LogP contribution is 2.45. The van der Waals surface area contributed by atoms with Gasteiger partial charge in [-0.3, -0.25) is 0 Å². The fraction of sp³-hybridized carbons (Fsp3) is 0. The lowest BCUT2D eigenvalue weighted by atomic mass is 10.0. The number of rotatable bonds is 4. The molecule has 0 saturated heterocycles. The molecule has 0 aliphatic carbocycles. The number of hydrogen-bond acceptors (Lipinski definition) is 5. The van der Waals surface area contributed by atoms with E-state index in [-0.39, 0.29) is 0 Å². The molecule has 3 heterocycles. The molecule has 0 aliphatic rings. The summed E-state index contributed by atoms with van der Waals surface area (Å²) in [6.07, 6.45) is 0. The molecule has 216 valence electrons. The average Bonchev–Trinajstić information content (AvgIpc) is 3.82. The second kappa shape index (κ2) is 9.58. The van der Waals surface area contributed by atoms with Crippen molar-refractivity contribution < 1.29 is 13.3 Å². The van der Waals surface area contributed by atoms with Crippen LogP contribution in [0.5, 0.6) is 0 Å². The zero-order valence-electron chi connectivity index (χ0n) is 24.5. The summed E-state index contributed by atoms with van der Waals surface area (Å²) < 4.78 is 19.0. The smallest absolute Gasteiger partial charge is 0.227 e. The van der Waals surface area contributed by atoms with Crippen molar-refractivity contribution in [3.63, 3.8) is 0 Å². The quantitative estimate of drug-likeness (QED) is 0.203. The van der Waals surface area contributed by atoms with Crippen molar-refractivity contribution in [2.24, 2.45) is 0 Å². The van der Waals surface area contributed by atoms with Crippen molar-refractivity contribution in [1.82, 2.24) is 4.98 Å². The Bertz CT molecular complexity index is 2660. The molecule has 5 nitrogen and oxygen atoms in total. The van der Waals surface area contributed by atoms with E-state index in [1.807, 2.05) is 60.7 Å².